The molecule has 0 radical (unpaired) electrons. The molecule has 98 valence electrons. The summed E-state index contributed by atoms with van der Waals surface area (Å²) in [7, 11) is 1.68. The molecule has 0 bridgehead atoms. The van der Waals surface area contributed by atoms with Crippen LogP contribution in [0.4, 0.5) is 4.79 Å². The third-order valence-electron chi connectivity index (χ3n) is 1.98. The van der Waals surface area contributed by atoms with Crippen molar-refractivity contribution in [1.29, 1.82) is 0 Å². The number of rotatable bonds is 1. The Labute approximate surface area is 113 Å². The van der Waals surface area contributed by atoms with E-state index < -0.39 is 11.7 Å². The number of benzene rings is 1. The number of ether oxygens (including phenoxy) is 1. The van der Waals surface area contributed by atoms with E-state index in [4.69, 9.17) is 17.0 Å². The van der Waals surface area contributed by atoms with E-state index >= 15 is 0 Å². The van der Waals surface area contributed by atoms with Crippen LogP contribution in [0.5, 0.6) is 0 Å². The third-order valence-corrected chi connectivity index (χ3v) is 2.49. The van der Waals surface area contributed by atoms with Crippen molar-refractivity contribution in [3.63, 3.8) is 0 Å². The Morgan fingerprint density at radius 1 is 1.28 bits per heavy atom. The second kappa shape index (κ2) is 5.82. The number of amides is 1. The molecular formula is C13H18N2O2S. The van der Waals surface area contributed by atoms with Gasteiger partial charge in [-0.3, -0.25) is 5.01 Å². The number of thiocarbonyl (C=S) groups is 1. The fourth-order valence-electron chi connectivity index (χ4n) is 1.26. The summed E-state index contributed by atoms with van der Waals surface area (Å²) in [4.78, 5) is 12.1. The van der Waals surface area contributed by atoms with Crippen LogP contribution in [0.15, 0.2) is 30.3 Å². The fourth-order valence-corrected chi connectivity index (χ4v) is 1.44. The van der Waals surface area contributed by atoms with Crippen LogP contribution in [0.1, 0.15) is 26.3 Å². The van der Waals surface area contributed by atoms with Crippen molar-refractivity contribution >= 4 is 23.3 Å². The van der Waals surface area contributed by atoms with Crippen molar-refractivity contribution in [1.82, 2.24) is 10.4 Å². The van der Waals surface area contributed by atoms with Crippen LogP contribution in [-0.2, 0) is 4.74 Å². The molecule has 0 aliphatic heterocycles. The highest BCUT2D eigenvalue weighted by Gasteiger charge is 2.18. The SMILES string of the molecule is CN(NC(=O)OC(C)(C)C)C(=S)c1ccccc1. The van der Waals surface area contributed by atoms with Gasteiger partial charge in [0.1, 0.15) is 10.6 Å². The Kier molecular flexibility index (Phi) is 4.67. The van der Waals surface area contributed by atoms with Crippen LogP contribution in [-0.4, -0.2) is 28.7 Å². The van der Waals surface area contributed by atoms with Crippen LogP contribution in [0.2, 0.25) is 0 Å². The van der Waals surface area contributed by atoms with E-state index in [0.29, 0.717) is 4.99 Å². The Morgan fingerprint density at radius 2 is 1.83 bits per heavy atom. The first kappa shape index (κ1) is 14.4. The summed E-state index contributed by atoms with van der Waals surface area (Å²) in [5, 5.41) is 1.47. The van der Waals surface area contributed by atoms with E-state index in [-0.39, 0.29) is 0 Å². The van der Waals surface area contributed by atoms with Gasteiger partial charge in [-0.05, 0) is 20.8 Å². The topological polar surface area (TPSA) is 41.6 Å². The number of hydrazine groups is 1. The van der Waals surface area contributed by atoms with Crippen molar-refractivity contribution in [2.45, 2.75) is 26.4 Å². The quantitative estimate of drug-likeness (QED) is 0.627. The lowest BCUT2D eigenvalue weighted by Gasteiger charge is -2.24. The molecule has 1 rings (SSSR count). The second-order valence-corrected chi connectivity index (χ2v) is 5.23. The minimum absolute atomic E-state index is 0.525. The third kappa shape index (κ3) is 4.71. The first-order valence-corrected chi connectivity index (χ1v) is 6.03. The lowest BCUT2D eigenvalue weighted by Crippen LogP contribution is -2.45. The maximum atomic E-state index is 11.6. The molecular weight excluding hydrogens is 248 g/mol. The van der Waals surface area contributed by atoms with Crippen LogP contribution >= 0.6 is 12.2 Å². The molecule has 0 unspecified atom stereocenters. The van der Waals surface area contributed by atoms with Gasteiger partial charge in [-0.25, -0.2) is 10.2 Å². The Bertz CT molecular complexity index is 426. The van der Waals surface area contributed by atoms with Crippen molar-refractivity contribution in [2.24, 2.45) is 0 Å². The highest BCUT2D eigenvalue weighted by molar-refractivity contribution is 7.80. The number of hydrogen-bond donors (Lipinski definition) is 1. The normalized spacial score (nSPS) is 10.7. The standard InChI is InChI=1S/C13H18N2O2S/c1-13(2,3)17-12(16)14-15(4)11(18)10-8-6-5-7-9-10/h5-9H,1-4H3,(H,14,16). The van der Waals surface area contributed by atoms with Gasteiger partial charge < -0.3 is 4.74 Å². The number of carbonyl (C=O) groups is 1. The molecule has 0 spiro atoms. The van der Waals surface area contributed by atoms with Gasteiger partial charge in [-0.15, -0.1) is 0 Å². The van der Waals surface area contributed by atoms with E-state index in [1.165, 1.54) is 5.01 Å². The van der Waals surface area contributed by atoms with Crippen molar-refractivity contribution in [3.8, 4) is 0 Å². The molecule has 0 saturated carbocycles. The molecule has 1 N–H and O–H groups in total. The van der Waals surface area contributed by atoms with Crippen LogP contribution in [0.25, 0.3) is 0 Å². The number of hydrogen-bond acceptors (Lipinski definition) is 3. The average Bonchev–Trinajstić information content (AvgIpc) is 2.26. The molecule has 1 amide bonds. The van der Waals surface area contributed by atoms with Crippen molar-refractivity contribution in [2.75, 3.05) is 7.05 Å². The molecule has 0 fully saturated rings. The molecule has 18 heavy (non-hydrogen) atoms. The van der Waals surface area contributed by atoms with E-state index in [9.17, 15) is 4.79 Å². The van der Waals surface area contributed by atoms with Gasteiger partial charge in [-0.1, -0.05) is 42.5 Å². The van der Waals surface area contributed by atoms with Gasteiger partial charge in [0.05, 0.1) is 0 Å². The summed E-state index contributed by atoms with van der Waals surface area (Å²) in [6.07, 6.45) is -0.525. The van der Waals surface area contributed by atoms with E-state index in [1.807, 2.05) is 51.1 Å². The molecule has 0 aliphatic rings. The largest absolute Gasteiger partial charge is 0.443 e. The lowest BCUT2D eigenvalue weighted by atomic mass is 10.2. The Morgan fingerprint density at radius 3 is 2.33 bits per heavy atom. The molecule has 0 aliphatic carbocycles. The Hall–Kier alpha value is -1.62. The van der Waals surface area contributed by atoms with Gasteiger partial charge in [-0.2, -0.15) is 0 Å². The number of nitrogens with one attached hydrogen (secondary N) is 1. The lowest BCUT2D eigenvalue weighted by molar-refractivity contribution is 0.0438. The minimum Gasteiger partial charge on any atom is -0.443 e. The first-order valence-electron chi connectivity index (χ1n) is 5.62. The van der Waals surface area contributed by atoms with Gasteiger partial charge in [0.15, 0.2) is 0 Å². The van der Waals surface area contributed by atoms with E-state index in [0.717, 1.165) is 5.56 Å². The number of carbonyl (C=O) groups excluding carboxylic acids is 1. The Balaban J connectivity index is 2.59. The van der Waals surface area contributed by atoms with Gasteiger partial charge >= 0.3 is 6.09 Å². The zero-order valence-electron chi connectivity index (χ0n) is 11.1. The highest BCUT2D eigenvalue weighted by Crippen LogP contribution is 2.07. The summed E-state index contributed by atoms with van der Waals surface area (Å²) in [5.74, 6) is 0. The molecule has 4 nitrogen and oxygen atoms in total. The maximum Gasteiger partial charge on any atom is 0.426 e. The van der Waals surface area contributed by atoms with Crippen LogP contribution in [0.3, 0.4) is 0 Å². The zero-order chi connectivity index (χ0) is 13.8. The van der Waals surface area contributed by atoms with Crippen LogP contribution in [0, 0.1) is 0 Å². The molecule has 1 aromatic carbocycles. The summed E-state index contributed by atoms with van der Waals surface area (Å²) in [6.45, 7) is 5.42. The monoisotopic (exact) mass is 266 g/mol. The van der Waals surface area contributed by atoms with Crippen molar-refractivity contribution in [3.05, 3.63) is 35.9 Å². The van der Waals surface area contributed by atoms with Crippen molar-refractivity contribution < 1.29 is 9.53 Å². The first-order chi connectivity index (χ1) is 8.29. The smallest absolute Gasteiger partial charge is 0.426 e. The van der Waals surface area contributed by atoms with E-state index in [2.05, 4.69) is 5.43 Å². The molecule has 0 saturated heterocycles. The minimum atomic E-state index is -0.528. The van der Waals surface area contributed by atoms with E-state index in [1.54, 1.807) is 7.05 Å². The summed E-state index contributed by atoms with van der Waals surface area (Å²) in [6, 6.07) is 9.46. The molecule has 0 heterocycles. The zero-order valence-corrected chi connectivity index (χ0v) is 11.9. The van der Waals surface area contributed by atoms with Crippen LogP contribution < -0.4 is 5.43 Å². The number of nitrogens with zero attached hydrogens (tertiary/aromatic N) is 1. The highest BCUT2D eigenvalue weighted by atomic mass is 32.1. The van der Waals surface area contributed by atoms with Gasteiger partial charge in [0, 0.05) is 12.6 Å². The molecule has 5 heteroatoms. The fraction of sp³-hybridized carbons (Fsp3) is 0.385. The predicted molar refractivity (Wildman–Crippen MR) is 75.3 cm³/mol. The summed E-state index contributed by atoms with van der Waals surface area (Å²) >= 11 is 5.26. The summed E-state index contributed by atoms with van der Waals surface area (Å²) < 4.78 is 5.14. The summed E-state index contributed by atoms with van der Waals surface area (Å²) in [5.41, 5.74) is 2.90. The molecule has 1 aromatic rings. The molecule has 0 aromatic heterocycles. The second-order valence-electron chi connectivity index (χ2n) is 4.84. The molecule has 0 atom stereocenters. The van der Waals surface area contributed by atoms with Gasteiger partial charge in [0.2, 0.25) is 0 Å². The van der Waals surface area contributed by atoms with Gasteiger partial charge in [0.25, 0.3) is 0 Å². The average molecular weight is 266 g/mol. The maximum absolute atomic E-state index is 11.6. The predicted octanol–water partition coefficient (Wildman–Crippen LogP) is 2.73.